The predicted octanol–water partition coefficient (Wildman–Crippen LogP) is 21.4. The first-order valence-corrected chi connectivity index (χ1v) is 33.8. The minimum Gasteiger partial charge on any atom is -0.466 e. The van der Waals surface area contributed by atoms with Crippen molar-refractivity contribution in [2.24, 2.45) is 0 Å². The number of aliphatic hydroxyl groups excluding tert-OH is 2. The molecule has 2 atom stereocenters. The van der Waals surface area contributed by atoms with Crippen molar-refractivity contribution < 1.29 is 24.5 Å². The second-order valence-corrected chi connectivity index (χ2v) is 23.5. The number of rotatable bonds is 64. The lowest BCUT2D eigenvalue weighted by Crippen LogP contribution is -2.45. The van der Waals surface area contributed by atoms with E-state index in [0.29, 0.717) is 25.9 Å². The van der Waals surface area contributed by atoms with Gasteiger partial charge in [0.1, 0.15) is 0 Å². The highest BCUT2D eigenvalue weighted by molar-refractivity contribution is 5.76. The van der Waals surface area contributed by atoms with Gasteiger partial charge in [-0.1, -0.05) is 354 Å². The molecule has 0 rings (SSSR count). The SMILES string of the molecule is CCCCCCCCCCCCCCCCCCC(=O)OCCCCCCCCCCCCCCCCCCCCCCCCCCCCCCCCCC(=O)NC(CO)C(O)CCCCCCCCCCC. The summed E-state index contributed by atoms with van der Waals surface area (Å²) in [5.41, 5.74) is 0. The van der Waals surface area contributed by atoms with Gasteiger partial charge in [-0.2, -0.15) is 0 Å². The second-order valence-electron chi connectivity index (χ2n) is 23.5. The zero-order chi connectivity index (χ0) is 52.9. The summed E-state index contributed by atoms with van der Waals surface area (Å²) in [6, 6.07) is -0.534. The number of hydrogen-bond donors (Lipinski definition) is 3. The van der Waals surface area contributed by atoms with Gasteiger partial charge < -0.3 is 20.3 Å². The fourth-order valence-electron chi connectivity index (χ4n) is 11.0. The summed E-state index contributed by atoms with van der Waals surface area (Å²) in [6.45, 7) is 4.97. The third-order valence-corrected chi connectivity index (χ3v) is 16.2. The number of nitrogens with one attached hydrogen (secondary N) is 1. The average Bonchev–Trinajstić information content (AvgIpc) is 3.39. The van der Waals surface area contributed by atoms with Crippen LogP contribution in [0.15, 0.2) is 0 Å². The van der Waals surface area contributed by atoms with Gasteiger partial charge in [-0.15, -0.1) is 0 Å². The molecule has 0 aliphatic heterocycles. The van der Waals surface area contributed by atoms with Crippen LogP contribution in [0.4, 0.5) is 0 Å². The molecular formula is C67H133NO5. The maximum absolute atomic E-state index is 12.4. The lowest BCUT2D eigenvalue weighted by molar-refractivity contribution is -0.143. The van der Waals surface area contributed by atoms with E-state index in [1.807, 2.05) is 0 Å². The van der Waals surface area contributed by atoms with Crippen LogP contribution in [0.3, 0.4) is 0 Å². The van der Waals surface area contributed by atoms with Crippen LogP contribution in [0.25, 0.3) is 0 Å². The van der Waals surface area contributed by atoms with Gasteiger partial charge in [0.15, 0.2) is 0 Å². The van der Waals surface area contributed by atoms with E-state index >= 15 is 0 Å². The molecule has 0 spiro atoms. The van der Waals surface area contributed by atoms with E-state index in [9.17, 15) is 19.8 Å². The van der Waals surface area contributed by atoms with Gasteiger partial charge in [0.25, 0.3) is 0 Å². The summed E-state index contributed by atoms with van der Waals surface area (Å²) in [4.78, 5) is 24.5. The maximum Gasteiger partial charge on any atom is 0.305 e. The molecule has 0 radical (unpaired) electrons. The molecule has 436 valence electrons. The third-order valence-electron chi connectivity index (χ3n) is 16.2. The van der Waals surface area contributed by atoms with E-state index in [1.54, 1.807) is 0 Å². The van der Waals surface area contributed by atoms with Crippen molar-refractivity contribution in [3.05, 3.63) is 0 Å². The lowest BCUT2D eigenvalue weighted by atomic mass is 10.0. The van der Waals surface area contributed by atoms with Crippen LogP contribution >= 0.6 is 0 Å². The molecule has 0 heterocycles. The molecule has 1 amide bonds. The predicted molar refractivity (Wildman–Crippen MR) is 320 cm³/mol. The number of aliphatic hydroxyl groups is 2. The second kappa shape index (κ2) is 63.4. The Hall–Kier alpha value is -1.14. The first-order chi connectivity index (χ1) is 36.0. The van der Waals surface area contributed by atoms with Crippen molar-refractivity contribution in [1.29, 1.82) is 0 Å². The summed E-state index contributed by atoms with van der Waals surface area (Å²) < 4.78 is 5.50. The largest absolute Gasteiger partial charge is 0.466 e. The van der Waals surface area contributed by atoms with E-state index in [0.717, 1.165) is 38.5 Å². The Morgan fingerprint density at radius 3 is 0.836 bits per heavy atom. The number of carbonyl (C=O) groups excluding carboxylic acids is 2. The van der Waals surface area contributed by atoms with Gasteiger partial charge in [-0.25, -0.2) is 0 Å². The summed E-state index contributed by atoms with van der Waals surface area (Å²) in [7, 11) is 0. The van der Waals surface area contributed by atoms with Crippen molar-refractivity contribution in [3.8, 4) is 0 Å². The van der Waals surface area contributed by atoms with Crippen molar-refractivity contribution in [2.45, 2.75) is 405 Å². The van der Waals surface area contributed by atoms with E-state index in [1.165, 1.54) is 321 Å². The zero-order valence-corrected chi connectivity index (χ0v) is 49.9. The molecule has 0 aromatic carbocycles. The van der Waals surface area contributed by atoms with Gasteiger partial charge in [-0.05, 0) is 25.7 Å². The number of amides is 1. The standard InChI is InChI=1S/C67H133NO5/c1-3-5-7-9-11-13-14-15-16-35-38-41-45-49-53-57-61-67(72)73-62-58-54-50-46-42-39-36-33-31-29-27-25-23-21-19-17-18-20-22-24-26-28-30-32-34-37-40-44-48-52-56-60-66(71)68-64(63-69)65(70)59-55-51-47-43-12-10-8-6-4-2/h64-65,69-70H,3-63H2,1-2H3,(H,68,71). The molecule has 0 aliphatic rings. The fourth-order valence-corrected chi connectivity index (χ4v) is 11.0. The Morgan fingerprint density at radius 2 is 0.562 bits per heavy atom. The van der Waals surface area contributed by atoms with E-state index in [4.69, 9.17) is 4.74 Å². The Morgan fingerprint density at radius 1 is 0.329 bits per heavy atom. The quantitative estimate of drug-likeness (QED) is 0.0417. The van der Waals surface area contributed by atoms with E-state index < -0.39 is 12.1 Å². The number of carbonyl (C=O) groups is 2. The normalized spacial score (nSPS) is 12.4. The molecule has 73 heavy (non-hydrogen) atoms. The van der Waals surface area contributed by atoms with Gasteiger partial charge >= 0.3 is 5.97 Å². The monoisotopic (exact) mass is 1030 g/mol. The smallest absolute Gasteiger partial charge is 0.305 e. The van der Waals surface area contributed by atoms with Gasteiger partial charge in [0, 0.05) is 12.8 Å². The van der Waals surface area contributed by atoms with E-state index in [-0.39, 0.29) is 18.5 Å². The summed E-state index contributed by atoms with van der Waals surface area (Å²) in [5, 5.41) is 23.1. The van der Waals surface area contributed by atoms with Crippen LogP contribution in [0.2, 0.25) is 0 Å². The zero-order valence-electron chi connectivity index (χ0n) is 49.9. The molecule has 0 saturated carbocycles. The molecular weight excluding hydrogens is 899 g/mol. The highest BCUT2D eigenvalue weighted by atomic mass is 16.5. The van der Waals surface area contributed by atoms with Crippen molar-refractivity contribution in [1.82, 2.24) is 5.32 Å². The Bertz CT molecular complexity index is 1050. The van der Waals surface area contributed by atoms with Crippen molar-refractivity contribution >= 4 is 11.9 Å². The minimum absolute atomic E-state index is 0.0250. The Balaban J connectivity index is 3.27. The molecule has 0 bridgehead atoms. The van der Waals surface area contributed by atoms with E-state index in [2.05, 4.69) is 19.2 Å². The first kappa shape index (κ1) is 71.9. The number of ether oxygens (including phenoxy) is 1. The molecule has 2 unspecified atom stereocenters. The molecule has 3 N–H and O–H groups in total. The third kappa shape index (κ3) is 60.0. The van der Waals surface area contributed by atoms with Crippen LogP contribution in [0, 0.1) is 0 Å². The molecule has 6 heteroatoms. The fraction of sp³-hybridized carbons (Fsp3) is 0.970. The van der Waals surface area contributed by atoms with Gasteiger partial charge in [-0.3, -0.25) is 9.59 Å². The lowest BCUT2D eigenvalue weighted by Gasteiger charge is -2.22. The average molecular weight is 1030 g/mol. The molecule has 0 aromatic heterocycles. The summed E-state index contributed by atoms with van der Waals surface area (Å²) in [5.74, 6) is -0.00582. The first-order valence-electron chi connectivity index (χ1n) is 33.8. The Kier molecular flexibility index (Phi) is 62.4. The van der Waals surface area contributed by atoms with Crippen molar-refractivity contribution in [3.63, 3.8) is 0 Å². The molecule has 6 nitrogen and oxygen atoms in total. The number of esters is 1. The topological polar surface area (TPSA) is 95.9 Å². The number of hydrogen-bond acceptors (Lipinski definition) is 5. The molecule has 0 aliphatic carbocycles. The summed E-state index contributed by atoms with van der Waals surface area (Å²) >= 11 is 0. The van der Waals surface area contributed by atoms with Crippen LogP contribution in [-0.4, -0.2) is 47.4 Å². The van der Waals surface area contributed by atoms with Crippen LogP contribution < -0.4 is 5.32 Å². The van der Waals surface area contributed by atoms with Crippen molar-refractivity contribution in [2.75, 3.05) is 13.2 Å². The molecule has 0 fully saturated rings. The molecule has 0 aromatic rings. The van der Waals surface area contributed by atoms with Crippen LogP contribution in [-0.2, 0) is 14.3 Å². The molecule has 0 saturated heterocycles. The number of unbranched alkanes of at least 4 members (excludes halogenated alkanes) is 53. The van der Waals surface area contributed by atoms with Gasteiger partial charge in [0.2, 0.25) is 5.91 Å². The van der Waals surface area contributed by atoms with Gasteiger partial charge in [0.05, 0.1) is 25.4 Å². The minimum atomic E-state index is -0.657. The summed E-state index contributed by atoms with van der Waals surface area (Å²) in [6.07, 6.45) is 75.9. The van der Waals surface area contributed by atoms with Crippen LogP contribution in [0.1, 0.15) is 393 Å². The maximum atomic E-state index is 12.4. The highest BCUT2D eigenvalue weighted by Crippen LogP contribution is 2.19. The highest BCUT2D eigenvalue weighted by Gasteiger charge is 2.20. The Labute approximate surface area is 457 Å². The van der Waals surface area contributed by atoms with Crippen LogP contribution in [0.5, 0.6) is 0 Å².